The minimum Gasteiger partial charge on any atom is -0.497 e. The van der Waals surface area contributed by atoms with E-state index in [0.29, 0.717) is 13.0 Å². The largest absolute Gasteiger partial charge is 0.497 e. The van der Waals surface area contributed by atoms with Crippen LogP contribution in [0, 0.1) is 18.4 Å². The quantitative estimate of drug-likeness (QED) is 0.749. The number of ketones is 1. The van der Waals surface area contributed by atoms with Crippen LogP contribution in [-0.4, -0.2) is 25.3 Å². The fraction of sp³-hybridized carbons (Fsp3) is 0.292. The Balaban J connectivity index is 1.89. The van der Waals surface area contributed by atoms with E-state index < -0.39 is 5.41 Å². The third-order valence-electron chi connectivity index (χ3n) is 6.24. The van der Waals surface area contributed by atoms with E-state index in [0.717, 1.165) is 17.0 Å². The molecule has 1 aliphatic carbocycles. The summed E-state index contributed by atoms with van der Waals surface area (Å²) in [7, 11) is 1.60. The third kappa shape index (κ3) is 2.84. The van der Waals surface area contributed by atoms with Crippen molar-refractivity contribution < 1.29 is 14.3 Å². The van der Waals surface area contributed by atoms with Crippen molar-refractivity contribution in [2.75, 3.05) is 18.6 Å². The van der Waals surface area contributed by atoms with Gasteiger partial charge in [0.05, 0.1) is 19.1 Å². The summed E-state index contributed by atoms with van der Waals surface area (Å²) in [6.07, 6.45) is 2.31. The number of Topliss-reactive ketones (excluding diaryl/α,β-unsaturated/α-hetero) is 1. The molecule has 0 radical (unpaired) electrons. The summed E-state index contributed by atoms with van der Waals surface area (Å²) in [5.41, 5.74) is 0.648. The standard InChI is InChI=1S/C24H22N2O3/c1-16-20-13-14-26(18-9-11-19(29-3)12-10-18)23(28)24(20,15-21(25-2)22(16)27)17-7-5-4-6-8-17/h4-12,15-16,20H,13-14H2,1,3H3/t16-,20-,24+/m0/s1. The predicted molar refractivity (Wildman–Crippen MR) is 110 cm³/mol. The monoisotopic (exact) mass is 386 g/mol. The Kier molecular flexibility index (Phi) is 4.71. The van der Waals surface area contributed by atoms with Gasteiger partial charge in [-0.1, -0.05) is 43.3 Å². The zero-order valence-corrected chi connectivity index (χ0v) is 16.5. The fourth-order valence-corrected chi connectivity index (χ4v) is 4.73. The molecule has 5 heteroatoms. The topological polar surface area (TPSA) is 51.0 Å². The highest BCUT2D eigenvalue weighted by Gasteiger charge is 2.56. The summed E-state index contributed by atoms with van der Waals surface area (Å²) in [5, 5.41) is 0. The molecule has 146 valence electrons. The lowest BCUT2D eigenvalue weighted by Gasteiger charge is -2.50. The van der Waals surface area contributed by atoms with E-state index in [1.807, 2.05) is 61.5 Å². The molecule has 0 saturated carbocycles. The molecule has 5 nitrogen and oxygen atoms in total. The molecule has 0 spiro atoms. The molecule has 0 N–H and O–H groups in total. The van der Waals surface area contributed by atoms with E-state index in [1.54, 1.807) is 18.1 Å². The molecule has 2 aliphatic rings. The maximum Gasteiger partial charge on any atom is 0.240 e. The van der Waals surface area contributed by atoms with Crippen molar-refractivity contribution in [2.24, 2.45) is 11.8 Å². The number of amides is 1. The predicted octanol–water partition coefficient (Wildman–Crippen LogP) is 4.01. The number of carbonyl (C=O) groups excluding carboxylic acids is 2. The maximum atomic E-state index is 14.0. The summed E-state index contributed by atoms with van der Waals surface area (Å²) in [6.45, 7) is 9.87. The van der Waals surface area contributed by atoms with Gasteiger partial charge in [0.25, 0.3) is 0 Å². The molecule has 1 fully saturated rings. The number of piperidine rings is 1. The van der Waals surface area contributed by atoms with Crippen molar-refractivity contribution >= 4 is 17.4 Å². The van der Waals surface area contributed by atoms with Crippen LogP contribution in [0.1, 0.15) is 18.9 Å². The van der Waals surface area contributed by atoms with Gasteiger partial charge in [0, 0.05) is 18.2 Å². The number of rotatable bonds is 3. The van der Waals surface area contributed by atoms with Crippen LogP contribution < -0.4 is 9.64 Å². The zero-order valence-electron chi connectivity index (χ0n) is 16.5. The molecular weight excluding hydrogens is 364 g/mol. The van der Waals surface area contributed by atoms with Gasteiger partial charge in [-0.25, -0.2) is 4.85 Å². The van der Waals surface area contributed by atoms with Gasteiger partial charge in [-0.2, -0.15) is 0 Å². The van der Waals surface area contributed by atoms with Gasteiger partial charge in [0.2, 0.25) is 11.6 Å². The van der Waals surface area contributed by atoms with Crippen molar-refractivity contribution in [3.8, 4) is 5.75 Å². The lowest BCUT2D eigenvalue weighted by molar-refractivity contribution is -0.130. The minimum atomic E-state index is -1.02. The van der Waals surface area contributed by atoms with Crippen molar-refractivity contribution in [1.29, 1.82) is 0 Å². The molecular formula is C24H22N2O3. The first-order valence-electron chi connectivity index (χ1n) is 9.69. The second-order valence-electron chi connectivity index (χ2n) is 7.58. The number of nitrogens with zero attached hydrogens (tertiary/aromatic N) is 2. The van der Waals surface area contributed by atoms with E-state index in [-0.39, 0.29) is 29.2 Å². The number of benzene rings is 2. The first kappa shape index (κ1) is 18.9. The van der Waals surface area contributed by atoms with Crippen LogP contribution in [0.15, 0.2) is 66.4 Å². The highest BCUT2D eigenvalue weighted by atomic mass is 16.5. The van der Waals surface area contributed by atoms with Crippen molar-refractivity contribution in [1.82, 2.24) is 0 Å². The average Bonchev–Trinajstić information content (AvgIpc) is 2.77. The van der Waals surface area contributed by atoms with E-state index in [9.17, 15) is 9.59 Å². The molecule has 2 aromatic rings. The summed E-state index contributed by atoms with van der Waals surface area (Å²) >= 11 is 0. The Bertz CT molecular complexity index is 1020. The number of allylic oxidation sites excluding steroid dienone is 1. The molecule has 1 saturated heterocycles. The van der Waals surface area contributed by atoms with Gasteiger partial charge in [0.1, 0.15) is 5.75 Å². The first-order valence-corrected chi connectivity index (χ1v) is 9.69. The zero-order chi connectivity index (χ0) is 20.6. The van der Waals surface area contributed by atoms with Crippen LogP contribution >= 0.6 is 0 Å². The summed E-state index contributed by atoms with van der Waals surface area (Å²) in [4.78, 5) is 31.9. The van der Waals surface area contributed by atoms with Crippen LogP contribution in [0.3, 0.4) is 0 Å². The summed E-state index contributed by atoms with van der Waals surface area (Å²) < 4.78 is 5.23. The SMILES string of the molecule is [C-]#[N+]C1=C[C@]2(c3ccccc3)C(=O)N(c3ccc(OC)cc3)CC[C@H]2[C@H](C)C1=O. The van der Waals surface area contributed by atoms with E-state index in [1.165, 1.54) is 0 Å². The Morgan fingerprint density at radius 1 is 1.10 bits per heavy atom. The van der Waals surface area contributed by atoms with Gasteiger partial charge in [-0.3, -0.25) is 4.79 Å². The number of ether oxygens (including phenoxy) is 1. The average molecular weight is 386 g/mol. The molecule has 3 atom stereocenters. The molecule has 2 aromatic carbocycles. The van der Waals surface area contributed by atoms with Crippen LogP contribution in [0.2, 0.25) is 0 Å². The highest BCUT2D eigenvalue weighted by molar-refractivity contribution is 6.09. The summed E-state index contributed by atoms with van der Waals surface area (Å²) in [5.74, 6) is -0.0926. The van der Waals surface area contributed by atoms with Gasteiger partial charge < -0.3 is 14.4 Å². The number of hydrogen-bond acceptors (Lipinski definition) is 3. The number of hydrogen-bond donors (Lipinski definition) is 0. The molecule has 1 amide bonds. The first-order chi connectivity index (χ1) is 14.0. The van der Waals surface area contributed by atoms with Crippen LogP contribution in [-0.2, 0) is 15.0 Å². The number of carbonyl (C=O) groups is 2. The Labute approximate surface area is 170 Å². The Hall–Kier alpha value is -3.39. The summed E-state index contributed by atoms with van der Waals surface area (Å²) in [6, 6.07) is 16.9. The van der Waals surface area contributed by atoms with Gasteiger partial charge >= 0.3 is 0 Å². The Morgan fingerprint density at radius 2 is 1.79 bits per heavy atom. The molecule has 29 heavy (non-hydrogen) atoms. The molecule has 1 aliphatic heterocycles. The van der Waals surface area contributed by atoms with Gasteiger partial charge in [0.15, 0.2) is 5.78 Å². The lowest BCUT2D eigenvalue weighted by Crippen LogP contribution is -2.59. The second-order valence-corrected chi connectivity index (χ2v) is 7.58. The van der Waals surface area contributed by atoms with Crippen molar-refractivity contribution in [2.45, 2.75) is 18.8 Å². The fourth-order valence-electron chi connectivity index (χ4n) is 4.73. The van der Waals surface area contributed by atoms with E-state index in [4.69, 9.17) is 11.3 Å². The molecule has 4 rings (SSSR count). The van der Waals surface area contributed by atoms with Crippen molar-refractivity contribution in [3.05, 3.63) is 83.4 Å². The minimum absolute atomic E-state index is 0.0579. The molecule has 1 heterocycles. The number of methoxy groups -OCH3 is 1. The second kappa shape index (κ2) is 7.21. The van der Waals surface area contributed by atoms with Crippen LogP contribution in [0.5, 0.6) is 5.75 Å². The van der Waals surface area contributed by atoms with Gasteiger partial charge in [-0.15, -0.1) is 0 Å². The smallest absolute Gasteiger partial charge is 0.240 e. The normalized spacial score (nSPS) is 26.4. The van der Waals surface area contributed by atoms with E-state index in [2.05, 4.69) is 4.85 Å². The molecule has 0 aromatic heterocycles. The molecule has 0 unspecified atom stereocenters. The van der Waals surface area contributed by atoms with Crippen LogP contribution in [0.4, 0.5) is 5.69 Å². The Morgan fingerprint density at radius 3 is 2.41 bits per heavy atom. The third-order valence-corrected chi connectivity index (χ3v) is 6.24. The number of fused-ring (bicyclic) bond motifs is 1. The lowest BCUT2D eigenvalue weighted by atomic mass is 9.58. The molecule has 0 bridgehead atoms. The van der Waals surface area contributed by atoms with E-state index >= 15 is 0 Å². The number of anilines is 1. The van der Waals surface area contributed by atoms with Crippen molar-refractivity contribution in [3.63, 3.8) is 0 Å². The highest BCUT2D eigenvalue weighted by Crippen LogP contribution is 2.50. The van der Waals surface area contributed by atoms with Crippen LogP contribution in [0.25, 0.3) is 4.85 Å². The maximum absolute atomic E-state index is 14.0. The van der Waals surface area contributed by atoms with Gasteiger partial charge in [-0.05, 0) is 42.2 Å².